The Bertz CT molecular complexity index is 1140. The molecule has 12 heteroatoms. The third kappa shape index (κ3) is 6.10. The van der Waals surface area contributed by atoms with Crippen LogP contribution in [0.3, 0.4) is 0 Å². The Morgan fingerprint density at radius 3 is 2.46 bits per heavy atom. The Hall–Kier alpha value is -1.83. The fourth-order valence-electron chi connectivity index (χ4n) is 4.80. The molecule has 0 amide bonds. The summed E-state index contributed by atoms with van der Waals surface area (Å²) in [6, 6.07) is 5.60. The number of aliphatic hydroxyl groups is 1. The first-order valence-corrected chi connectivity index (χ1v) is 14.1. The van der Waals surface area contributed by atoms with Gasteiger partial charge < -0.3 is 20.1 Å². The minimum absolute atomic E-state index is 0.147. The lowest BCUT2D eigenvalue weighted by Gasteiger charge is -2.43. The summed E-state index contributed by atoms with van der Waals surface area (Å²) in [7, 11) is -3.79. The van der Waals surface area contributed by atoms with E-state index in [0.717, 1.165) is 19.8 Å². The fraction of sp³-hybridized carbons (Fsp3) is 0.560. The molecule has 1 aromatic rings. The Labute approximate surface area is 221 Å². The van der Waals surface area contributed by atoms with Crippen molar-refractivity contribution in [1.82, 2.24) is 9.62 Å². The molecule has 0 aromatic heterocycles. The SMILES string of the molecule is CC(O)(c1ccc(N2CCN(S(=O)(=O)C3=CC=CCC3=S)C[C@@H]2CNC2CCOCC2)cc1)C(F)(F)F. The zero-order valence-electron chi connectivity index (χ0n) is 20.6. The van der Waals surface area contributed by atoms with Crippen molar-refractivity contribution in [3.63, 3.8) is 0 Å². The summed E-state index contributed by atoms with van der Waals surface area (Å²) in [5.41, 5.74) is -2.57. The summed E-state index contributed by atoms with van der Waals surface area (Å²) in [4.78, 5) is 2.54. The van der Waals surface area contributed by atoms with Gasteiger partial charge in [-0.2, -0.15) is 17.5 Å². The van der Waals surface area contributed by atoms with E-state index in [9.17, 15) is 26.7 Å². The number of nitrogens with zero attached hydrogens (tertiary/aromatic N) is 2. The predicted molar refractivity (Wildman–Crippen MR) is 140 cm³/mol. The number of thiocarbonyl (C=S) groups is 1. The number of ether oxygens (including phenoxy) is 1. The first kappa shape index (κ1) is 28.2. The summed E-state index contributed by atoms with van der Waals surface area (Å²) >= 11 is 5.32. The maximum atomic E-state index is 13.4. The molecule has 2 atom stereocenters. The van der Waals surface area contributed by atoms with E-state index in [2.05, 4.69) is 5.32 Å². The van der Waals surface area contributed by atoms with Crippen LogP contribution in [-0.4, -0.2) is 80.3 Å². The molecule has 2 N–H and O–H groups in total. The van der Waals surface area contributed by atoms with Gasteiger partial charge in [-0.1, -0.05) is 36.5 Å². The van der Waals surface area contributed by atoms with E-state index >= 15 is 0 Å². The van der Waals surface area contributed by atoms with Gasteiger partial charge in [0.05, 0.1) is 10.9 Å². The van der Waals surface area contributed by atoms with Gasteiger partial charge in [0.25, 0.3) is 0 Å². The number of nitrogens with one attached hydrogen (secondary N) is 1. The van der Waals surface area contributed by atoms with Crippen LogP contribution in [-0.2, 0) is 20.4 Å². The molecular weight excluding hydrogens is 527 g/mol. The topological polar surface area (TPSA) is 82.1 Å². The van der Waals surface area contributed by atoms with Crippen LogP contribution in [0, 0.1) is 0 Å². The summed E-state index contributed by atoms with van der Waals surface area (Å²) in [6.45, 7) is 3.29. The number of benzene rings is 1. The molecule has 0 radical (unpaired) electrons. The molecule has 0 spiro atoms. The normalized spacial score (nSPS) is 24.1. The Kier molecular flexibility index (Phi) is 8.46. The van der Waals surface area contributed by atoms with E-state index in [1.807, 2.05) is 11.0 Å². The maximum absolute atomic E-state index is 13.4. The second kappa shape index (κ2) is 11.1. The molecule has 1 unspecified atom stereocenters. The van der Waals surface area contributed by atoms with E-state index in [4.69, 9.17) is 17.0 Å². The van der Waals surface area contributed by atoms with Crippen molar-refractivity contribution < 1.29 is 31.4 Å². The molecule has 0 saturated carbocycles. The quantitative estimate of drug-likeness (QED) is 0.497. The Morgan fingerprint density at radius 2 is 1.84 bits per heavy atom. The lowest BCUT2D eigenvalue weighted by atomic mass is 9.95. The predicted octanol–water partition coefficient (Wildman–Crippen LogP) is 3.26. The van der Waals surface area contributed by atoms with Gasteiger partial charge >= 0.3 is 6.18 Å². The highest BCUT2D eigenvalue weighted by atomic mass is 32.2. The maximum Gasteiger partial charge on any atom is 0.421 e. The number of rotatable bonds is 7. The molecule has 2 aliphatic heterocycles. The van der Waals surface area contributed by atoms with Crippen LogP contribution in [0.4, 0.5) is 18.9 Å². The average molecular weight is 560 g/mol. The van der Waals surface area contributed by atoms with Gasteiger partial charge in [0.15, 0.2) is 5.60 Å². The summed E-state index contributed by atoms with van der Waals surface area (Å²) in [5.74, 6) is 0. The molecule has 0 bridgehead atoms. The highest BCUT2D eigenvalue weighted by Gasteiger charge is 2.51. The number of piperazine rings is 1. The number of allylic oxidation sites excluding steroid dienone is 4. The average Bonchev–Trinajstić information content (AvgIpc) is 2.87. The van der Waals surface area contributed by atoms with Crippen LogP contribution in [0.2, 0.25) is 0 Å². The molecule has 2 saturated heterocycles. The van der Waals surface area contributed by atoms with Crippen molar-refractivity contribution in [2.45, 2.75) is 50.0 Å². The summed E-state index contributed by atoms with van der Waals surface area (Å²) < 4.78 is 73.6. The van der Waals surface area contributed by atoms with E-state index < -0.39 is 21.8 Å². The Morgan fingerprint density at radius 1 is 1.16 bits per heavy atom. The number of hydrogen-bond donors (Lipinski definition) is 2. The molecular formula is C25H32F3N3O4S2. The molecule has 1 aliphatic carbocycles. The molecule has 2 heterocycles. The van der Waals surface area contributed by atoms with Gasteiger partial charge in [0.1, 0.15) is 0 Å². The third-order valence-electron chi connectivity index (χ3n) is 7.20. The second-order valence-electron chi connectivity index (χ2n) is 9.71. The third-order valence-corrected chi connectivity index (χ3v) is 9.67. The molecule has 4 rings (SSSR count). The lowest BCUT2D eigenvalue weighted by molar-refractivity contribution is -0.258. The molecule has 7 nitrogen and oxygen atoms in total. The van der Waals surface area contributed by atoms with Crippen molar-refractivity contribution in [3.05, 3.63) is 53.0 Å². The molecule has 37 heavy (non-hydrogen) atoms. The van der Waals surface area contributed by atoms with E-state index in [1.165, 1.54) is 22.5 Å². The van der Waals surface area contributed by atoms with Crippen LogP contribution >= 0.6 is 12.2 Å². The van der Waals surface area contributed by atoms with Crippen LogP contribution < -0.4 is 10.2 Å². The molecule has 204 valence electrons. The number of sulfonamides is 1. The standard InChI is InChI=1S/C25H32F3N3O4S2/c1-24(32,25(26,27)28)18-6-8-20(9-7-18)31-13-12-30(37(33,34)23-5-3-2-4-22(23)36)17-21(31)16-29-19-10-14-35-15-11-19/h2-3,5-9,19,21,29,32H,4,10-17H2,1H3/t21-,24?/m0/s1. The van der Waals surface area contributed by atoms with E-state index in [0.29, 0.717) is 43.3 Å². The first-order valence-electron chi connectivity index (χ1n) is 12.3. The van der Waals surface area contributed by atoms with Crippen molar-refractivity contribution in [3.8, 4) is 0 Å². The van der Waals surface area contributed by atoms with Gasteiger partial charge in [-0.25, -0.2) is 8.42 Å². The summed E-state index contributed by atoms with van der Waals surface area (Å²) in [5, 5.41) is 13.5. The van der Waals surface area contributed by atoms with Crippen molar-refractivity contribution in [1.29, 1.82) is 0 Å². The number of alkyl halides is 3. The zero-order valence-corrected chi connectivity index (χ0v) is 22.2. The highest BCUT2D eigenvalue weighted by molar-refractivity contribution is 7.96. The van der Waals surface area contributed by atoms with Gasteiger partial charge in [-0.3, -0.25) is 0 Å². The van der Waals surface area contributed by atoms with Gasteiger partial charge in [-0.15, -0.1) is 0 Å². The van der Waals surface area contributed by atoms with Gasteiger partial charge in [-0.05, 0) is 43.5 Å². The smallest absolute Gasteiger partial charge is 0.381 e. The number of hydrogen-bond acceptors (Lipinski definition) is 7. The first-order chi connectivity index (χ1) is 17.4. The van der Waals surface area contributed by atoms with Crippen LogP contribution in [0.1, 0.15) is 31.7 Å². The lowest BCUT2D eigenvalue weighted by Crippen LogP contribution is -2.59. The van der Waals surface area contributed by atoms with Crippen molar-refractivity contribution >= 4 is 32.8 Å². The molecule has 2 fully saturated rings. The van der Waals surface area contributed by atoms with Crippen LogP contribution in [0.15, 0.2) is 47.4 Å². The minimum Gasteiger partial charge on any atom is -0.381 e. The van der Waals surface area contributed by atoms with Crippen LogP contribution in [0.25, 0.3) is 0 Å². The van der Waals surface area contributed by atoms with Crippen molar-refractivity contribution in [2.24, 2.45) is 0 Å². The second-order valence-corrected chi connectivity index (χ2v) is 12.1. The zero-order chi connectivity index (χ0) is 26.8. The fourth-order valence-corrected chi connectivity index (χ4v) is 6.87. The van der Waals surface area contributed by atoms with E-state index in [1.54, 1.807) is 18.2 Å². The molecule has 1 aromatic carbocycles. The van der Waals surface area contributed by atoms with Gasteiger partial charge in [0, 0.05) is 62.4 Å². The van der Waals surface area contributed by atoms with Crippen LogP contribution in [0.5, 0.6) is 0 Å². The number of halogens is 3. The highest BCUT2D eigenvalue weighted by Crippen LogP contribution is 2.39. The van der Waals surface area contributed by atoms with Crippen molar-refractivity contribution in [2.75, 3.05) is 44.3 Å². The largest absolute Gasteiger partial charge is 0.421 e. The number of anilines is 1. The minimum atomic E-state index is -4.81. The summed E-state index contributed by atoms with van der Waals surface area (Å²) in [6.07, 6.45) is 2.35. The Balaban J connectivity index is 1.56. The van der Waals surface area contributed by atoms with Gasteiger partial charge in [0.2, 0.25) is 10.0 Å². The van der Waals surface area contributed by atoms with E-state index in [-0.39, 0.29) is 35.6 Å². The molecule has 3 aliphatic rings. The monoisotopic (exact) mass is 559 g/mol.